The van der Waals surface area contributed by atoms with E-state index in [9.17, 15) is 4.79 Å². The summed E-state index contributed by atoms with van der Waals surface area (Å²) in [5, 5.41) is 11.6. The van der Waals surface area contributed by atoms with Gasteiger partial charge in [0.1, 0.15) is 12.1 Å². The zero-order valence-electron chi connectivity index (χ0n) is 13.6. The lowest BCUT2D eigenvalue weighted by Crippen LogP contribution is -2.12. The number of nitrogens with one attached hydrogen (secondary N) is 1. The highest BCUT2D eigenvalue weighted by molar-refractivity contribution is 5.83. The van der Waals surface area contributed by atoms with Gasteiger partial charge in [-0.05, 0) is 17.7 Å². The van der Waals surface area contributed by atoms with Crippen LogP contribution in [0.25, 0.3) is 33.6 Å². The van der Waals surface area contributed by atoms with E-state index in [0.717, 1.165) is 11.1 Å². The van der Waals surface area contributed by atoms with Gasteiger partial charge in [0.15, 0.2) is 0 Å². The molecule has 1 aromatic carbocycles. The summed E-state index contributed by atoms with van der Waals surface area (Å²) in [5.74, 6) is 1.39. The molecule has 0 amide bonds. The van der Waals surface area contributed by atoms with E-state index in [-0.39, 0.29) is 17.8 Å². The number of rotatable bonds is 4. The van der Waals surface area contributed by atoms with Crippen LogP contribution in [0.3, 0.4) is 0 Å². The Labute approximate surface area is 149 Å². The van der Waals surface area contributed by atoms with Crippen molar-refractivity contribution >= 4 is 10.9 Å². The molecule has 4 heterocycles. The van der Waals surface area contributed by atoms with Crippen molar-refractivity contribution in [3.8, 4) is 22.7 Å². The molecule has 0 aliphatic heterocycles. The largest absolute Gasteiger partial charge is 0.364 e. The van der Waals surface area contributed by atoms with Gasteiger partial charge in [-0.1, -0.05) is 21.5 Å². The molecular formula is C17H10N6O4. The lowest BCUT2D eigenvalue weighted by atomic mass is 10.1. The Morgan fingerprint density at radius 1 is 1.04 bits per heavy atom. The Kier molecular flexibility index (Phi) is 3.39. The molecule has 5 rings (SSSR count). The van der Waals surface area contributed by atoms with Crippen LogP contribution < -0.4 is 5.56 Å². The Morgan fingerprint density at radius 2 is 2.00 bits per heavy atom. The number of hydrogen-bond acceptors (Lipinski definition) is 9. The van der Waals surface area contributed by atoms with E-state index in [2.05, 4.69) is 30.4 Å². The number of nitrogens with zero attached hydrogens (tertiary/aromatic N) is 5. The smallest absolute Gasteiger partial charge is 0.258 e. The number of H-pyrrole nitrogens is 1. The van der Waals surface area contributed by atoms with Crippen molar-refractivity contribution in [3.05, 3.63) is 65.0 Å². The molecule has 5 aromatic rings. The van der Waals surface area contributed by atoms with E-state index in [1.54, 1.807) is 24.4 Å². The van der Waals surface area contributed by atoms with Gasteiger partial charge in [0.2, 0.25) is 17.5 Å². The molecule has 0 fully saturated rings. The number of benzene rings is 1. The molecule has 1 N–H and O–H groups in total. The number of hydrogen-bond donors (Lipinski definition) is 1. The minimum Gasteiger partial charge on any atom is -0.364 e. The summed E-state index contributed by atoms with van der Waals surface area (Å²) in [6.07, 6.45) is 4.76. The maximum Gasteiger partial charge on any atom is 0.258 e. The van der Waals surface area contributed by atoms with Gasteiger partial charge in [-0.15, -0.1) is 0 Å². The van der Waals surface area contributed by atoms with Crippen LogP contribution in [0.1, 0.15) is 11.7 Å². The summed E-state index contributed by atoms with van der Waals surface area (Å²) >= 11 is 0. The average molecular weight is 362 g/mol. The number of fused-ring (bicyclic) bond motifs is 1. The van der Waals surface area contributed by atoms with Crippen molar-refractivity contribution in [1.29, 1.82) is 0 Å². The van der Waals surface area contributed by atoms with E-state index in [1.165, 1.54) is 12.5 Å². The molecular weight excluding hydrogens is 352 g/mol. The second-order valence-electron chi connectivity index (χ2n) is 5.72. The molecule has 0 aliphatic rings. The normalized spacial score (nSPS) is 11.3. The fourth-order valence-corrected chi connectivity index (χ4v) is 2.70. The van der Waals surface area contributed by atoms with Crippen LogP contribution in [0.4, 0.5) is 0 Å². The average Bonchev–Trinajstić information content (AvgIpc) is 3.43. The fraction of sp³-hybridized carbons (Fsp3) is 0.0588. The maximum absolute atomic E-state index is 12.5. The molecule has 0 atom stereocenters. The first-order chi connectivity index (χ1) is 13.3. The number of aromatic nitrogens is 6. The Hall–Kier alpha value is -4.08. The van der Waals surface area contributed by atoms with Crippen molar-refractivity contribution in [1.82, 2.24) is 30.4 Å². The zero-order valence-corrected chi connectivity index (χ0v) is 13.6. The SMILES string of the molecule is O=c1[nH]c(Cc2nc(-c3ccno3)no2)nc2ccc(-c3cnoc3)cc12. The summed E-state index contributed by atoms with van der Waals surface area (Å²) in [5.41, 5.74) is 1.90. The highest BCUT2D eigenvalue weighted by atomic mass is 16.5. The predicted molar refractivity (Wildman–Crippen MR) is 90.5 cm³/mol. The Bertz CT molecular complexity index is 1270. The van der Waals surface area contributed by atoms with Crippen LogP contribution in [0.2, 0.25) is 0 Å². The van der Waals surface area contributed by atoms with Gasteiger partial charge < -0.3 is 18.6 Å². The molecule has 10 heteroatoms. The first kappa shape index (κ1) is 15.2. The molecule has 0 saturated heterocycles. The summed E-state index contributed by atoms with van der Waals surface area (Å²) < 4.78 is 15.0. The number of aromatic amines is 1. The van der Waals surface area contributed by atoms with Gasteiger partial charge in [-0.3, -0.25) is 4.79 Å². The van der Waals surface area contributed by atoms with Crippen molar-refractivity contribution < 1.29 is 13.6 Å². The standard InChI is InChI=1S/C17H10N6O4/c24-17-11-5-9(10-7-19-25-8-10)1-2-12(11)20-14(21-17)6-15-22-16(23-27-15)13-3-4-18-26-13/h1-5,7-8H,6H2,(H,20,21,24). The third-order valence-electron chi connectivity index (χ3n) is 3.97. The minimum atomic E-state index is -0.261. The van der Waals surface area contributed by atoms with Crippen molar-refractivity contribution in [2.24, 2.45) is 0 Å². The Balaban J connectivity index is 1.48. The van der Waals surface area contributed by atoms with Crippen molar-refractivity contribution in [2.75, 3.05) is 0 Å². The Morgan fingerprint density at radius 3 is 2.81 bits per heavy atom. The van der Waals surface area contributed by atoms with E-state index in [0.29, 0.717) is 28.4 Å². The first-order valence-corrected chi connectivity index (χ1v) is 7.92. The molecule has 0 unspecified atom stereocenters. The lowest BCUT2D eigenvalue weighted by molar-refractivity contribution is 0.379. The predicted octanol–water partition coefficient (Wildman–Crippen LogP) is 2.21. The zero-order chi connectivity index (χ0) is 18.2. The topological polar surface area (TPSA) is 137 Å². The van der Waals surface area contributed by atoms with E-state index in [4.69, 9.17) is 13.6 Å². The molecule has 0 spiro atoms. The molecule has 27 heavy (non-hydrogen) atoms. The van der Waals surface area contributed by atoms with Crippen LogP contribution in [-0.4, -0.2) is 30.4 Å². The fourth-order valence-electron chi connectivity index (χ4n) is 2.70. The first-order valence-electron chi connectivity index (χ1n) is 7.92. The summed E-state index contributed by atoms with van der Waals surface area (Å²) in [7, 11) is 0. The quantitative estimate of drug-likeness (QED) is 0.510. The molecule has 132 valence electrons. The van der Waals surface area contributed by atoms with Gasteiger partial charge in [0.05, 0.1) is 29.7 Å². The molecule has 4 aromatic heterocycles. The minimum absolute atomic E-state index is 0.180. The lowest BCUT2D eigenvalue weighted by Gasteiger charge is -2.03. The van der Waals surface area contributed by atoms with Crippen LogP contribution in [0, 0.1) is 0 Å². The van der Waals surface area contributed by atoms with Crippen LogP contribution in [0.5, 0.6) is 0 Å². The van der Waals surface area contributed by atoms with Gasteiger partial charge in [-0.2, -0.15) is 4.98 Å². The van der Waals surface area contributed by atoms with E-state index >= 15 is 0 Å². The van der Waals surface area contributed by atoms with E-state index in [1.807, 2.05) is 6.07 Å². The van der Waals surface area contributed by atoms with Gasteiger partial charge in [0.25, 0.3) is 5.56 Å². The third-order valence-corrected chi connectivity index (χ3v) is 3.97. The molecule has 0 radical (unpaired) electrons. The molecule has 0 aliphatic carbocycles. The van der Waals surface area contributed by atoms with Crippen LogP contribution >= 0.6 is 0 Å². The summed E-state index contributed by atoms with van der Waals surface area (Å²) in [6, 6.07) is 6.98. The maximum atomic E-state index is 12.5. The van der Waals surface area contributed by atoms with Crippen LogP contribution in [-0.2, 0) is 6.42 Å². The second-order valence-corrected chi connectivity index (χ2v) is 5.72. The molecule has 0 bridgehead atoms. The van der Waals surface area contributed by atoms with E-state index < -0.39 is 0 Å². The highest BCUT2D eigenvalue weighted by Gasteiger charge is 2.14. The highest BCUT2D eigenvalue weighted by Crippen LogP contribution is 2.22. The summed E-state index contributed by atoms with van der Waals surface area (Å²) in [6.45, 7) is 0. The molecule has 0 saturated carbocycles. The second kappa shape index (κ2) is 6.02. The van der Waals surface area contributed by atoms with Gasteiger partial charge in [-0.25, -0.2) is 4.98 Å². The monoisotopic (exact) mass is 362 g/mol. The van der Waals surface area contributed by atoms with Gasteiger partial charge >= 0.3 is 0 Å². The summed E-state index contributed by atoms with van der Waals surface area (Å²) in [4.78, 5) is 23.9. The van der Waals surface area contributed by atoms with Gasteiger partial charge in [0, 0.05) is 11.6 Å². The molecule has 10 nitrogen and oxygen atoms in total. The third kappa shape index (κ3) is 2.78. The van der Waals surface area contributed by atoms with Crippen molar-refractivity contribution in [2.45, 2.75) is 6.42 Å². The van der Waals surface area contributed by atoms with Crippen molar-refractivity contribution in [3.63, 3.8) is 0 Å². The van der Waals surface area contributed by atoms with Crippen LogP contribution in [0.15, 0.2) is 61.3 Å².